The Morgan fingerprint density at radius 2 is 1.86 bits per heavy atom. The van der Waals surface area contributed by atoms with Crippen LogP contribution in [0.1, 0.15) is 33.6 Å². The molecule has 2 N–H and O–H groups in total. The third kappa shape index (κ3) is 2.25. The first-order chi connectivity index (χ1) is 6.37. The second-order valence-corrected chi connectivity index (χ2v) is 4.59. The van der Waals surface area contributed by atoms with E-state index in [9.17, 15) is 9.59 Å². The van der Waals surface area contributed by atoms with Gasteiger partial charge in [-0.3, -0.25) is 4.79 Å². The first-order valence-electron chi connectivity index (χ1n) is 4.90. The number of carboxylic acid groups (broad SMARTS) is 1. The van der Waals surface area contributed by atoms with Crippen LogP contribution in [0.15, 0.2) is 0 Å². The van der Waals surface area contributed by atoms with Crippen molar-refractivity contribution in [1.82, 2.24) is 5.32 Å². The molecule has 1 aliphatic rings. The molecule has 1 atom stereocenters. The van der Waals surface area contributed by atoms with Gasteiger partial charge in [0.05, 0.1) is 0 Å². The lowest BCUT2D eigenvalue weighted by Crippen LogP contribution is -2.46. The molecule has 0 saturated heterocycles. The summed E-state index contributed by atoms with van der Waals surface area (Å²) in [5.74, 6) is -1.17. The molecule has 0 aromatic rings. The van der Waals surface area contributed by atoms with E-state index in [2.05, 4.69) is 5.32 Å². The van der Waals surface area contributed by atoms with Gasteiger partial charge in [0.25, 0.3) is 0 Å². The topological polar surface area (TPSA) is 66.4 Å². The van der Waals surface area contributed by atoms with Crippen LogP contribution in [-0.4, -0.2) is 23.0 Å². The highest BCUT2D eigenvalue weighted by atomic mass is 16.4. The molecule has 4 nitrogen and oxygen atoms in total. The van der Waals surface area contributed by atoms with Crippen LogP contribution in [0.2, 0.25) is 0 Å². The van der Waals surface area contributed by atoms with Gasteiger partial charge in [0, 0.05) is 5.41 Å². The van der Waals surface area contributed by atoms with Gasteiger partial charge in [-0.1, -0.05) is 20.8 Å². The Kier molecular flexibility index (Phi) is 2.83. The van der Waals surface area contributed by atoms with Gasteiger partial charge in [-0.25, -0.2) is 4.79 Å². The number of rotatable bonds is 4. The lowest BCUT2D eigenvalue weighted by atomic mass is 10.0. The summed E-state index contributed by atoms with van der Waals surface area (Å²) in [7, 11) is 0. The summed E-state index contributed by atoms with van der Waals surface area (Å²) < 4.78 is 0. The fraction of sp³-hybridized carbons (Fsp3) is 0.800. The van der Waals surface area contributed by atoms with Crippen LogP contribution in [0, 0.1) is 11.3 Å². The summed E-state index contributed by atoms with van der Waals surface area (Å²) >= 11 is 0. The lowest BCUT2D eigenvalue weighted by molar-refractivity contribution is -0.143. The van der Waals surface area contributed by atoms with Gasteiger partial charge in [-0.2, -0.15) is 0 Å². The predicted molar refractivity (Wildman–Crippen MR) is 51.7 cm³/mol. The molecule has 0 bridgehead atoms. The normalized spacial score (nSPS) is 20.3. The van der Waals surface area contributed by atoms with Gasteiger partial charge in [-0.05, 0) is 18.8 Å². The summed E-state index contributed by atoms with van der Waals surface area (Å²) in [5, 5.41) is 11.4. The molecular weight excluding hydrogens is 182 g/mol. The summed E-state index contributed by atoms with van der Waals surface area (Å²) in [6, 6.07) is -0.764. The van der Waals surface area contributed by atoms with E-state index in [0.717, 1.165) is 12.8 Å². The summed E-state index contributed by atoms with van der Waals surface area (Å²) in [6.45, 7) is 5.43. The van der Waals surface area contributed by atoms with Gasteiger partial charge < -0.3 is 10.4 Å². The van der Waals surface area contributed by atoms with E-state index in [4.69, 9.17) is 5.11 Å². The molecular formula is C10H17NO3. The van der Waals surface area contributed by atoms with Crippen molar-refractivity contribution in [3.8, 4) is 0 Å². The highest BCUT2D eigenvalue weighted by Gasteiger charge is 2.46. The zero-order chi connectivity index (χ0) is 10.9. The molecule has 0 unspecified atom stereocenters. The summed E-state index contributed by atoms with van der Waals surface area (Å²) in [4.78, 5) is 22.4. The number of hydrogen-bond acceptors (Lipinski definition) is 2. The molecule has 0 spiro atoms. The standard InChI is InChI=1S/C10H17NO3/c1-6(2)7(8(12)13)11-9(14)10(3)4-5-10/h6-7H,4-5H2,1-3H3,(H,11,14)(H,12,13)/t7-/m0/s1. The number of carbonyl (C=O) groups is 2. The van der Waals surface area contributed by atoms with Crippen LogP contribution >= 0.6 is 0 Å². The molecule has 0 heterocycles. The summed E-state index contributed by atoms with van der Waals surface area (Å²) in [5.41, 5.74) is -0.303. The van der Waals surface area contributed by atoms with Crippen molar-refractivity contribution in [1.29, 1.82) is 0 Å². The van der Waals surface area contributed by atoms with Gasteiger partial charge in [0.1, 0.15) is 6.04 Å². The van der Waals surface area contributed by atoms with E-state index < -0.39 is 12.0 Å². The number of carbonyl (C=O) groups excluding carboxylic acids is 1. The fourth-order valence-corrected chi connectivity index (χ4v) is 1.24. The Morgan fingerprint density at radius 3 is 2.14 bits per heavy atom. The Balaban J connectivity index is 2.56. The van der Waals surface area contributed by atoms with Crippen molar-refractivity contribution in [2.24, 2.45) is 11.3 Å². The van der Waals surface area contributed by atoms with Gasteiger partial charge in [0.15, 0.2) is 0 Å². The lowest BCUT2D eigenvalue weighted by Gasteiger charge is -2.20. The number of amides is 1. The van der Waals surface area contributed by atoms with Crippen molar-refractivity contribution >= 4 is 11.9 Å². The van der Waals surface area contributed by atoms with Gasteiger partial charge >= 0.3 is 5.97 Å². The van der Waals surface area contributed by atoms with Crippen molar-refractivity contribution in [2.75, 3.05) is 0 Å². The SMILES string of the molecule is CC(C)[C@H](NC(=O)C1(C)CC1)C(=O)O. The number of hydrogen-bond donors (Lipinski definition) is 2. The number of nitrogens with one attached hydrogen (secondary N) is 1. The third-order valence-corrected chi connectivity index (χ3v) is 2.77. The Bertz CT molecular complexity index is 256. The number of aliphatic carboxylic acids is 1. The average Bonchev–Trinajstić information content (AvgIpc) is 2.79. The molecule has 1 aliphatic carbocycles. The van der Waals surface area contributed by atoms with E-state index in [1.807, 2.05) is 6.92 Å². The minimum atomic E-state index is -0.961. The number of carboxylic acids is 1. The van der Waals surface area contributed by atoms with Crippen molar-refractivity contribution < 1.29 is 14.7 Å². The smallest absolute Gasteiger partial charge is 0.326 e. The second-order valence-electron chi connectivity index (χ2n) is 4.59. The largest absolute Gasteiger partial charge is 0.480 e. The zero-order valence-electron chi connectivity index (χ0n) is 8.83. The van der Waals surface area contributed by atoms with Crippen LogP contribution in [0.5, 0.6) is 0 Å². The van der Waals surface area contributed by atoms with Gasteiger partial charge in [0.2, 0.25) is 5.91 Å². The van der Waals surface area contributed by atoms with Crippen LogP contribution < -0.4 is 5.32 Å². The van der Waals surface area contributed by atoms with E-state index >= 15 is 0 Å². The first kappa shape index (κ1) is 11.0. The molecule has 1 saturated carbocycles. The maximum Gasteiger partial charge on any atom is 0.326 e. The van der Waals surface area contributed by atoms with E-state index in [-0.39, 0.29) is 17.2 Å². The van der Waals surface area contributed by atoms with E-state index in [0.29, 0.717) is 0 Å². The fourth-order valence-electron chi connectivity index (χ4n) is 1.24. The van der Waals surface area contributed by atoms with Crippen LogP contribution in [0.4, 0.5) is 0 Å². The van der Waals surface area contributed by atoms with Crippen LogP contribution in [0.25, 0.3) is 0 Å². The highest BCUT2D eigenvalue weighted by Crippen LogP contribution is 2.45. The molecule has 4 heteroatoms. The first-order valence-corrected chi connectivity index (χ1v) is 4.90. The Morgan fingerprint density at radius 1 is 1.36 bits per heavy atom. The highest BCUT2D eigenvalue weighted by molar-refractivity contribution is 5.89. The minimum absolute atomic E-state index is 0.0844. The Labute approximate surface area is 83.7 Å². The quantitative estimate of drug-likeness (QED) is 0.710. The van der Waals surface area contributed by atoms with E-state index in [1.54, 1.807) is 13.8 Å². The molecule has 80 valence electrons. The average molecular weight is 199 g/mol. The molecule has 1 rings (SSSR count). The minimum Gasteiger partial charge on any atom is -0.480 e. The van der Waals surface area contributed by atoms with Crippen molar-refractivity contribution in [3.05, 3.63) is 0 Å². The third-order valence-electron chi connectivity index (χ3n) is 2.77. The molecule has 1 amide bonds. The van der Waals surface area contributed by atoms with Crippen LogP contribution in [0.3, 0.4) is 0 Å². The zero-order valence-corrected chi connectivity index (χ0v) is 8.83. The predicted octanol–water partition coefficient (Wildman–Crippen LogP) is 1.01. The molecule has 0 radical (unpaired) electrons. The van der Waals surface area contributed by atoms with E-state index in [1.165, 1.54) is 0 Å². The van der Waals surface area contributed by atoms with Crippen molar-refractivity contribution in [3.63, 3.8) is 0 Å². The maximum atomic E-state index is 11.6. The molecule has 0 aromatic carbocycles. The molecule has 14 heavy (non-hydrogen) atoms. The van der Waals surface area contributed by atoms with Crippen molar-refractivity contribution in [2.45, 2.75) is 39.7 Å². The second kappa shape index (κ2) is 3.59. The molecule has 1 fully saturated rings. The Hall–Kier alpha value is -1.06. The van der Waals surface area contributed by atoms with Gasteiger partial charge in [-0.15, -0.1) is 0 Å². The molecule has 0 aromatic heterocycles. The monoisotopic (exact) mass is 199 g/mol. The maximum absolute atomic E-state index is 11.6. The molecule has 0 aliphatic heterocycles. The van der Waals surface area contributed by atoms with Crippen LogP contribution in [-0.2, 0) is 9.59 Å². The summed E-state index contributed by atoms with van der Waals surface area (Å²) in [6.07, 6.45) is 1.73.